The highest BCUT2D eigenvalue weighted by atomic mass is 16.5. The third kappa shape index (κ3) is 6.91. The van der Waals surface area contributed by atoms with Crippen LogP contribution in [-0.4, -0.2) is 20.0 Å². The molecule has 3 aromatic heterocycles. The number of para-hydroxylation sites is 5. The number of pyridine rings is 1. The van der Waals surface area contributed by atoms with Gasteiger partial charge in [0.1, 0.15) is 23.2 Å². The molecule has 0 amide bonds. The van der Waals surface area contributed by atoms with E-state index in [4.69, 9.17) is 28.4 Å². The molecule has 2 aliphatic rings. The van der Waals surface area contributed by atoms with Gasteiger partial charge < -0.3 is 9.30 Å². The molecule has 348 valence electrons. The topological polar surface area (TPSA) is 51.5 Å². The molecule has 14 rings (SSSR count). The van der Waals surface area contributed by atoms with Gasteiger partial charge in [0.15, 0.2) is 0 Å². The van der Waals surface area contributed by atoms with E-state index in [1.807, 2.05) is 72.9 Å². The molecule has 0 N–H and O–H groups in total. The molecule has 7 heteroatoms. The van der Waals surface area contributed by atoms with Gasteiger partial charge in [-0.1, -0.05) is 184 Å². The lowest BCUT2D eigenvalue weighted by atomic mass is 9.88. The summed E-state index contributed by atoms with van der Waals surface area (Å²) in [7, 11) is 0. The van der Waals surface area contributed by atoms with Crippen molar-refractivity contribution in [1.82, 2.24) is 14.1 Å². The number of fused-ring (bicyclic) bond motifs is 10. The van der Waals surface area contributed by atoms with Crippen LogP contribution in [-0.2, 0) is 5.41 Å². The predicted molar refractivity (Wildman–Crippen MR) is 296 cm³/mol. The normalized spacial score (nSPS) is 15.8. The maximum atomic E-state index is 9.09. The zero-order chi connectivity index (χ0) is 57.5. The molecule has 0 saturated heterocycles. The number of rotatable bonds is 8. The Morgan fingerprint density at radius 2 is 1.27 bits per heavy atom. The summed E-state index contributed by atoms with van der Waals surface area (Å²) in [6.45, 7) is 6.57. The number of benzene rings is 9. The minimum atomic E-state index is -0.571. The van der Waals surface area contributed by atoms with Gasteiger partial charge in [0, 0.05) is 28.7 Å². The van der Waals surface area contributed by atoms with E-state index in [-0.39, 0.29) is 39.3 Å². The molecule has 1 unspecified atom stereocenters. The van der Waals surface area contributed by atoms with Crippen molar-refractivity contribution in [1.29, 1.82) is 0 Å². The Bertz CT molecular complexity index is 4650. The van der Waals surface area contributed by atoms with Crippen molar-refractivity contribution >= 4 is 55.9 Å². The SMILES string of the molecule is [2H]c1c([2H])c([2H])c(-c2cccc(-c3c([2H])c([2H])c([2H])c([2H])c3[2H])c2-[n+]2[c-]n(-c3cccc(Oc4ccc5c(c4)N(c4cc(C(C)(C)C)ccn4)C4=Nc6c(ccc7c8ccccc8n(-c8ccccc8)c67)C45)c3)c3ccccc32)c([2H])c1[2H]. The second kappa shape index (κ2) is 16.6. The standard InChI is InChI=1S/C66H48N6O/c1-66(2,3)45-37-38-67-60(39-45)72-59-41-49(33-34-54(59)61-55-36-35-53-52-27-13-14-30-56(52)71(46-23-11-6-12-24-46)64(53)62(55)68-65(61)72)73-48-26-17-25-47(40-48)69-42-70(58-32-16-15-31-57(58)69)63-50(43-19-7-4-8-20-43)28-18-29-51(63)44-21-9-5-10-22-44/h4-41,61H,1-3H3/i4D,5D,7D,8D,9D,10D,19D,20D,21D,22D. The van der Waals surface area contributed by atoms with Crippen LogP contribution in [0.15, 0.2) is 235 Å². The van der Waals surface area contributed by atoms with Crippen molar-refractivity contribution in [3.63, 3.8) is 0 Å². The van der Waals surface area contributed by atoms with E-state index in [1.54, 1.807) is 27.3 Å². The Kier molecular flexibility index (Phi) is 7.59. The summed E-state index contributed by atoms with van der Waals surface area (Å²) in [6.07, 6.45) is 5.33. The van der Waals surface area contributed by atoms with Crippen LogP contribution in [0, 0.1) is 6.33 Å². The van der Waals surface area contributed by atoms with Crippen LogP contribution in [0.2, 0.25) is 0 Å². The fraction of sp³-hybridized carbons (Fsp3) is 0.0758. The zero-order valence-corrected chi connectivity index (χ0v) is 39.8. The summed E-state index contributed by atoms with van der Waals surface area (Å²) in [5.41, 5.74) is 10.1. The summed E-state index contributed by atoms with van der Waals surface area (Å²) in [5.74, 6) is 2.43. The molecule has 0 aliphatic carbocycles. The monoisotopic (exact) mass is 950 g/mol. The lowest BCUT2D eigenvalue weighted by Crippen LogP contribution is -2.31. The largest absolute Gasteiger partial charge is 0.458 e. The maximum absolute atomic E-state index is 9.09. The van der Waals surface area contributed by atoms with Crippen molar-refractivity contribution in [2.24, 2.45) is 4.99 Å². The van der Waals surface area contributed by atoms with Gasteiger partial charge in [-0.2, -0.15) is 0 Å². The number of imidazole rings is 1. The number of aliphatic imine (C=N–C) groups is 1. The van der Waals surface area contributed by atoms with Crippen LogP contribution in [0.25, 0.3) is 72.2 Å². The third-order valence-corrected chi connectivity index (χ3v) is 13.9. The second-order valence-corrected chi connectivity index (χ2v) is 19.3. The number of amidine groups is 1. The number of hydrogen-bond acceptors (Lipinski definition) is 4. The molecule has 12 aromatic rings. The van der Waals surface area contributed by atoms with Gasteiger partial charge in [0.25, 0.3) is 6.33 Å². The molecule has 0 radical (unpaired) electrons. The first kappa shape index (κ1) is 33.3. The highest BCUT2D eigenvalue weighted by Gasteiger charge is 2.44. The molecule has 7 nitrogen and oxygen atoms in total. The fourth-order valence-corrected chi connectivity index (χ4v) is 10.6. The quantitative estimate of drug-likeness (QED) is 0.113. The minimum Gasteiger partial charge on any atom is -0.458 e. The van der Waals surface area contributed by atoms with Crippen LogP contribution >= 0.6 is 0 Å². The molecule has 9 aromatic carbocycles. The smallest absolute Gasteiger partial charge is 0.269 e. The molecule has 0 spiro atoms. The third-order valence-electron chi connectivity index (χ3n) is 13.9. The highest BCUT2D eigenvalue weighted by Crippen LogP contribution is 2.55. The van der Waals surface area contributed by atoms with Crippen molar-refractivity contribution in [2.45, 2.75) is 32.1 Å². The number of ether oxygens (including phenoxy) is 1. The summed E-state index contributed by atoms with van der Waals surface area (Å²) >= 11 is 0. The second-order valence-electron chi connectivity index (χ2n) is 19.3. The highest BCUT2D eigenvalue weighted by molar-refractivity contribution is 6.22. The Hall–Kier alpha value is -9.33. The molecular formula is C66H48N6O. The zero-order valence-electron chi connectivity index (χ0n) is 49.8. The summed E-state index contributed by atoms with van der Waals surface area (Å²) in [4.78, 5) is 12.8. The summed E-state index contributed by atoms with van der Waals surface area (Å²) in [5, 5.41) is 2.27. The van der Waals surface area contributed by atoms with Gasteiger partial charge in [-0.25, -0.2) is 9.98 Å². The molecular weight excluding hydrogens is 893 g/mol. The van der Waals surface area contributed by atoms with Crippen LogP contribution in [0.3, 0.4) is 0 Å². The van der Waals surface area contributed by atoms with Crippen molar-refractivity contribution in [3.8, 4) is 50.8 Å². The van der Waals surface area contributed by atoms with E-state index >= 15 is 0 Å². The van der Waals surface area contributed by atoms with Crippen LogP contribution < -0.4 is 14.2 Å². The molecule has 73 heavy (non-hydrogen) atoms. The van der Waals surface area contributed by atoms with E-state index in [9.17, 15) is 0 Å². The van der Waals surface area contributed by atoms with Crippen LogP contribution in [0.5, 0.6) is 11.5 Å². The number of anilines is 2. The van der Waals surface area contributed by atoms with E-state index in [1.165, 1.54) is 0 Å². The van der Waals surface area contributed by atoms with Gasteiger partial charge in [-0.15, -0.1) is 0 Å². The average molecular weight is 951 g/mol. The van der Waals surface area contributed by atoms with E-state index < -0.39 is 60.4 Å². The van der Waals surface area contributed by atoms with E-state index in [2.05, 4.69) is 115 Å². The summed E-state index contributed by atoms with van der Waals surface area (Å²) in [6, 6.07) is 48.1. The van der Waals surface area contributed by atoms with Crippen molar-refractivity contribution in [2.75, 3.05) is 4.90 Å². The first-order valence-corrected chi connectivity index (χ1v) is 24.1. The lowest BCUT2D eigenvalue weighted by molar-refractivity contribution is -0.571. The predicted octanol–water partition coefficient (Wildman–Crippen LogP) is 16.0. The first-order valence-electron chi connectivity index (χ1n) is 29.1. The molecule has 2 aliphatic heterocycles. The van der Waals surface area contributed by atoms with E-state index in [0.717, 1.165) is 67.2 Å². The van der Waals surface area contributed by atoms with Gasteiger partial charge in [-0.3, -0.25) is 14.0 Å². The van der Waals surface area contributed by atoms with Crippen molar-refractivity contribution in [3.05, 3.63) is 253 Å². The molecule has 0 bridgehead atoms. The molecule has 1 atom stereocenters. The minimum absolute atomic E-state index is 0.136. The number of nitrogens with zero attached hydrogens (tertiary/aromatic N) is 6. The number of hydrogen-bond donors (Lipinski definition) is 0. The van der Waals surface area contributed by atoms with Gasteiger partial charge in [0.05, 0.1) is 64.4 Å². The molecule has 5 heterocycles. The average Bonchev–Trinajstić information content (AvgIpc) is 1.77. The van der Waals surface area contributed by atoms with Gasteiger partial charge in [0.2, 0.25) is 0 Å². The van der Waals surface area contributed by atoms with Crippen LogP contribution in [0.1, 0.15) is 57.1 Å². The maximum Gasteiger partial charge on any atom is 0.269 e. The van der Waals surface area contributed by atoms with Crippen LogP contribution in [0.4, 0.5) is 17.2 Å². The Morgan fingerprint density at radius 1 is 0.603 bits per heavy atom. The number of aromatic nitrogens is 4. The van der Waals surface area contributed by atoms with Gasteiger partial charge in [-0.05, 0) is 99.0 Å². The summed E-state index contributed by atoms with van der Waals surface area (Å²) < 4.78 is 100. The van der Waals surface area contributed by atoms with Gasteiger partial charge >= 0.3 is 0 Å². The first-order chi connectivity index (χ1) is 40.0. The Labute approximate surface area is 437 Å². The lowest BCUT2D eigenvalue weighted by Gasteiger charge is -2.24. The van der Waals surface area contributed by atoms with Crippen molar-refractivity contribution < 1.29 is 23.0 Å². The Balaban J connectivity index is 0.905. The fourth-order valence-electron chi connectivity index (χ4n) is 10.6. The van der Waals surface area contributed by atoms with E-state index in [0.29, 0.717) is 28.2 Å². The molecule has 0 fully saturated rings. The Morgan fingerprint density at radius 3 is 2.04 bits per heavy atom. The molecule has 0 saturated carbocycles.